The maximum atomic E-state index is 10.3. The topological polar surface area (TPSA) is 79.6 Å². The van der Waals surface area contributed by atoms with Gasteiger partial charge in [0.15, 0.2) is 0 Å². The van der Waals surface area contributed by atoms with Gasteiger partial charge in [0.05, 0.1) is 0 Å². The molecule has 1 atom stereocenters. The highest BCUT2D eigenvalue weighted by Crippen LogP contribution is 2.03. The van der Waals surface area contributed by atoms with Crippen LogP contribution in [-0.4, -0.2) is 16.9 Å². The van der Waals surface area contributed by atoms with Gasteiger partial charge in [-0.15, -0.1) is 0 Å². The molecule has 0 spiro atoms. The van der Waals surface area contributed by atoms with E-state index in [-0.39, 0.29) is 12.0 Å². The summed E-state index contributed by atoms with van der Waals surface area (Å²) in [6.07, 6.45) is 4.86. The van der Waals surface area contributed by atoms with Crippen molar-refractivity contribution in [1.29, 1.82) is 0 Å². The standard InChI is InChI=1S/C7H10N4O2/c1-2-8-10-6-4-3-5-7(9-6)11(12)13/h2-3,5-6,8,10H,1,4H2. The number of hydrazine groups is 1. The first kappa shape index (κ1) is 9.40. The fourth-order valence-electron chi connectivity index (χ4n) is 0.912. The molecule has 0 saturated heterocycles. The molecule has 0 aliphatic carbocycles. The Labute approximate surface area is 75.2 Å². The van der Waals surface area contributed by atoms with E-state index in [9.17, 15) is 10.1 Å². The van der Waals surface area contributed by atoms with Gasteiger partial charge >= 0.3 is 5.84 Å². The van der Waals surface area contributed by atoms with Crippen molar-refractivity contribution in [2.45, 2.75) is 12.6 Å². The second kappa shape index (κ2) is 4.36. The molecule has 1 aliphatic rings. The van der Waals surface area contributed by atoms with Crippen LogP contribution in [0, 0.1) is 10.1 Å². The molecule has 0 aromatic rings. The lowest BCUT2D eigenvalue weighted by atomic mass is 10.2. The van der Waals surface area contributed by atoms with Crippen molar-refractivity contribution in [3.05, 3.63) is 35.0 Å². The van der Waals surface area contributed by atoms with Crippen LogP contribution in [0.25, 0.3) is 0 Å². The molecule has 6 heteroatoms. The van der Waals surface area contributed by atoms with Crippen LogP contribution in [0.4, 0.5) is 0 Å². The first-order valence-corrected chi connectivity index (χ1v) is 3.74. The first-order valence-electron chi connectivity index (χ1n) is 3.74. The zero-order chi connectivity index (χ0) is 9.68. The van der Waals surface area contributed by atoms with Crippen molar-refractivity contribution in [3.8, 4) is 0 Å². The lowest BCUT2D eigenvalue weighted by Gasteiger charge is -2.09. The second-order valence-corrected chi connectivity index (χ2v) is 2.39. The smallest absolute Gasteiger partial charge is 0.358 e. The van der Waals surface area contributed by atoms with Gasteiger partial charge in [-0.3, -0.25) is 0 Å². The third kappa shape index (κ3) is 2.68. The molecule has 0 aromatic carbocycles. The average molecular weight is 182 g/mol. The summed E-state index contributed by atoms with van der Waals surface area (Å²) < 4.78 is 0. The summed E-state index contributed by atoms with van der Waals surface area (Å²) in [5, 5.41) is 10.3. The zero-order valence-electron chi connectivity index (χ0n) is 6.93. The molecule has 13 heavy (non-hydrogen) atoms. The minimum absolute atomic E-state index is 0.130. The summed E-state index contributed by atoms with van der Waals surface area (Å²) in [6.45, 7) is 3.43. The summed E-state index contributed by atoms with van der Waals surface area (Å²) in [5.74, 6) is -0.130. The summed E-state index contributed by atoms with van der Waals surface area (Å²) in [6, 6.07) is 0. The van der Waals surface area contributed by atoms with E-state index >= 15 is 0 Å². The van der Waals surface area contributed by atoms with E-state index < -0.39 is 4.92 Å². The number of amidine groups is 1. The van der Waals surface area contributed by atoms with Gasteiger partial charge in [-0.1, -0.05) is 17.6 Å². The van der Waals surface area contributed by atoms with Crippen LogP contribution in [0.2, 0.25) is 0 Å². The molecule has 0 bridgehead atoms. The molecule has 0 radical (unpaired) electrons. The summed E-state index contributed by atoms with van der Waals surface area (Å²) >= 11 is 0. The highest BCUT2D eigenvalue weighted by atomic mass is 16.6. The first-order chi connectivity index (χ1) is 6.24. The van der Waals surface area contributed by atoms with Crippen molar-refractivity contribution in [1.82, 2.24) is 10.9 Å². The van der Waals surface area contributed by atoms with Gasteiger partial charge < -0.3 is 15.5 Å². The van der Waals surface area contributed by atoms with Gasteiger partial charge in [-0.05, 0) is 4.92 Å². The number of aliphatic imine (C=N–C) groups is 1. The maximum absolute atomic E-state index is 10.3. The predicted octanol–water partition coefficient (Wildman–Crippen LogP) is 0.185. The van der Waals surface area contributed by atoms with Crippen LogP contribution in [0.3, 0.4) is 0 Å². The Morgan fingerprint density at radius 2 is 2.62 bits per heavy atom. The van der Waals surface area contributed by atoms with Crippen molar-refractivity contribution in [2.24, 2.45) is 4.99 Å². The monoisotopic (exact) mass is 182 g/mol. The lowest BCUT2D eigenvalue weighted by molar-refractivity contribution is -0.348. The molecule has 2 N–H and O–H groups in total. The SMILES string of the molecule is C=CNNC1CC=CC([N+](=O)[O-])=N1. The van der Waals surface area contributed by atoms with E-state index in [0.717, 1.165) is 0 Å². The average Bonchev–Trinajstić information content (AvgIpc) is 2.15. The van der Waals surface area contributed by atoms with E-state index in [2.05, 4.69) is 22.4 Å². The van der Waals surface area contributed by atoms with E-state index in [1.165, 1.54) is 12.3 Å². The summed E-state index contributed by atoms with van der Waals surface area (Å²) in [5.41, 5.74) is 5.37. The molecule has 70 valence electrons. The third-order valence-corrected chi connectivity index (χ3v) is 1.45. The molecule has 0 aromatic heterocycles. The number of hydrogen-bond donors (Lipinski definition) is 2. The van der Waals surface area contributed by atoms with E-state index in [0.29, 0.717) is 6.42 Å². The van der Waals surface area contributed by atoms with Crippen LogP contribution in [0.5, 0.6) is 0 Å². The fraction of sp³-hybridized carbons (Fsp3) is 0.286. The van der Waals surface area contributed by atoms with Crippen LogP contribution in [0.15, 0.2) is 29.9 Å². The Morgan fingerprint density at radius 1 is 1.85 bits per heavy atom. The van der Waals surface area contributed by atoms with Gasteiger partial charge in [0.2, 0.25) is 6.17 Å². The molecular formula is C7H10N4O2. The number of nitrogens with zero attached hydrogens (tertiary/aromatic N) is 2. The van der Waals surface area contributed by atoms with Gasteiger partial charge in [0.1, 0.15) is 0 Å². The molecule has 0 amide bonds. The van der Waals surface area contributed by atoms with Gasteiger partial charge in [0.25, 0.3) is 0 Å². The van der Waals surface area contributed by atoms with E-state index in [1.54, 1.807) is 6.08 Å². The maximum Gasteiger partial charge on any atom is 0.359 e. The van der Waals surface area contributed by atoms with Gasteiger partial charge in [0, 0.05) is 18.7 Å². The Kier molecular flexibility index (Phi) is 3.15. The van der Waals surface area contributed by atoms with Crippen molar-refractivity contribution in [2.75, 3.05) is 0 Å². The minimum Gasteiger partial charge on any atom is -0.358 e. The second-order valence-electron chi connectivity index (χ2n) is 2.39. The van der Waals surface area contributed by atoms with Crippen LogP contribution >= 0.6 is 0 Å². The quantitative estimate of drug-likeness (QED) is 0.482. The number of nitro groups is 1. The summed E-state index contributed by atoms with van der Waals surface area (Å²) in [4.78, 5) is 13.6. The highest BCUT2D eigenvalue weighted by molar-refractivity contribution is 5.86. The number of rotatable bonds is 3. The van der Waals surface area contributed by atoms with Crippen LogP contribution < -0.4 is 10.9 Å². The lowest BCUT2D eigenvalue weighted by Crippen LogP contribution is -2.38. The fourth-order valence-corrected chi connectivity index (χ4v) is 0.912. The number of hydrogen-bond acceptors (Lipinski definition) is 5. The Hall–Kier alpha value is -1.69. The number of nitrogens with one attached hydrogen (secondary N) is 2. The molecule has 6 nitrogen and oxygen atoms in total. The van der Waals surface area contributed by atoms with Gasteiger partial charge in [-0.25, -0.2) is 0 Å². The number of dihydropyridines is 1. The molecule has 1 heterocycles. The molecule has 1 aliphatic heterocycles. The van der Waals surface area contributed by atoms with Crippen molar-refractivity contribution < 1.29 is 4.92 Å². The van der Waals surface area contributed by atoms with Crippen molar-refractivity contribution >= 4 is 5.84 Å². The normalized spacial score (nSPS) is 20.6. The molecule has 1 unspecified atom stereocenters. The van der Waals surface area contributed by atoms with E-state index in [4.69, 9.17) is 0 Å². The van der Waals surface area contributed by atoms with Gasteiger partial charge in [-0.2, -0.15) is 5.43 Å². The molecular weight excluding hydrogens is 172 g/mol. The largest absolute Gasteiger partial charge is 0.359 e. The van der Waals surface area contributed by atoms with Crippen LogP contribution in [0.1, 0.15) is 6.42 Å². The van der Waals surface area contributed by atoms with Crippen LogP contribution in [-0.2, 0) is 0 Å². The molecule has 0 fully saturated rings. The molecule has 1 rings (SSSR count). The highest BCUT2D eigenvalue weighted by Gasteiger charge is 2.19. The van der Waals surface area contributed by atoms with Crippen molar-refractivity contribution in [3.63, 3.8) is 0 Å². The van der Waals surface area contributed by atoms with E-state index in [1.807, 2.05) is 0 Å². The Bertz CT molecular complexity index is 272. The minimum atomic E-state index is -0.516. The predicted molar refractivity (Wildman–Crippen MR) is 48.4 cm³/mol. The molecule has 0 saturated carbocycles. The third-order valence-electron chi connectivity index (χ3n) is 1.45. The zero-order valence-corrected chi connectivity index (χ0v) is 6.93. The Balaban J connectivity index is 2.56. The Morgan fingerprint density at radius 3 is 3.23 bits per heavy atom. The summed E-state index contributed by atoms with van der Waals surface area (Å²) in [7, 11) is 0.